The van der Waals surface area contributed by atoms with Gasteiger partial charge in [-0.1, -0.05) is 0 Å². The molecule has 2 rings (SSSR count). The zero-order valence-corrected chi connectivity index (χ0v) is 9.70. The van der Waals surface area contributed by atoms with Crippen LogP contribution in [-0.2, 0) is 12.4 Å². The lowest BCUT2D eigenvalue weighted by atomic mass is 10.2. The van der Waals surface area contributed by atoms with Crippen LogP contribution < -0.4 is 4.90 Å². The molecule has 2 heterocycles. The molecule has 1 aliphatic rings. The summed E-state index contributed by atoms with van der Waals surface area (Å²) >= 11 is 0. The highest BCUT2D eigenvalue weighted by molar-refractivity contribution is 5.74. The van der Waals surface area contributed by atoms with Gasteiger partial charge in [0.05, 0.1) is 0 Å². The fourth-order valence-electron chi connectivity index (χ4n) is 1.53. The van der Waals surface area contributed by atoms with Gasteiger partial charge in [-0.15, -0.1) is 0 Å². The van der Waals surface area contributed by atoms with Crippen molar-refractivity contribution in [1.29, 1.82) is 0 Å². The Morgan fingerprint density at radius 1 is 0.950 bits per heavy atom. The fourth-order valence-corrected chi connectivity index (χ4v) is 1.53. The summed E-state index contributed by atoms with van der Waals surface area (Å²) in [5.41, 5.74) is -3.46. The van der Waals surface area contributed by atoms with Crippen LogP contribution in [0.5, 0.6) is 0 Å². The van der Waals surface area contributed by atoms with Crippen molar-refractivity contribution in [2.24, 2.45) is 4.99 Å². The summed E-state index contributed by atoms with van der Waals surface area (Å²) in [5.74, 6) is 0. The number of halogens is 6. The molecule has 0 radical (unpaired) electrons. The van der Waals surface area contributed by atoms with E-state index in [0.29, 0.717) is 12.1 Å². The molecular formula is C11H7F6N3. The van der Waals surface area contributed by atoms with Gasteiger partial charge < -0.3 is 4.90 Å². The van der Waals surface area contributed by atoms with Crippen LogP contribution in [0.25, 0.3) is 0 Å². The Hall–Kier alpha value is -2.06. The van der Waals surface area contributed by atoms with Gasteiger partial charge in [-0.3, -0.25) is 4.99 Å². The maximum Gasteiger partial charge on any atom is 0.433 e. The Bertz CT molecular complexity index is 526. The van der Waals surface area contributed by atoms with E-state index >= 15 is 0 Å². The first-order valence-corrected chi connectivity index (χ1v) is 5.27. The van der Waals surface area contributed by atoms with Crippen LogP contribution >= 0.6 is 0 Å². The number of alkyl halides is 6. The van der Waals surface area contributed by atoms with Gasteiger partial charge in [0.2, 0.25) is 0 Å². The van der Waals surface area contributed by atoms with Gasteiger partial charge in [-0.05, 0) is 18.2 Å². The Labute approximate surface area is 109 Å². The van der Waals surface area contributed by atoms with E-state index < -0.39 is 23.7 Å². The SMILES string of the molecule is FC(F)(F)c1cc(N2C=CC=NC2)cc(C(F)(F)F)n1. The molecule has 3 nitrogen and oxygen atoms in total. The van der Waals surface area contributed by atoms with E-state index in [1.165, 1.54) is 18.5 Å². The van der Waals surface area contributed by atoms with E-state index in [0.717, 1.165) is 4.90 Å². The number of aromatic nitrogens is 1. The number of nitrogens with zero attached hydrogens (tertiary/aromatic N) is 3. The summed E-state index contributed by atoms with van der Waals surface area (Å²) < 4.78 is 75.6. The monoisotopic (exact) mass is 295 g/mol. The minimum absolute atomic E-state index is 0.0604. The van der Waals surface area contributed by atoms with Crippen molar-refractivity contribution in [3.63, 3.8) is 0 Å². The maximum absolute atomic E-state index is 12.6. The number of hydrogen-bond acceptors (Lipinski definition) is 3. The summed E-state index contributed by atoms with van der Waals surface area (Å²) in [6.07, 6.45) is -5.78. The highest BCUT2D eigenvalue weighted by Crippen LogP contribution is 2.36. The Morgan fingerprint density at radius 3 is 1.90 bits per heavy atom. The number of anilines is 1. The standard InChI is InChI=1S/C11H7F6N3/c12-10(13,14)8-4-7(20-3-1-2-18-6-20)5-9(19-8)11(15,16)17/h1-5H,6H2. The molecular weight excluding hydrogens is 288 g/mol. The van der Waals surface area contributed by atoms with Crippen LogP contribution in [0.3, 0.4) is 0 Å². The van der Waals surface area contributed by atoms with E-state index in [1.54, 1.807) is 0 Å². The topological polar surface area (TPSA) is 28.5 Å². The van der Waals surface area contributed by atoms with Gasteiger partial charge in [0, 0.05) is 18.1 Å². The van der Waals surface area contributed by atoms with Crippen molar-refractivity contribution >= 4 is 11.9 Å². The minimum atomic E-state index is -4.96. The second kappa shape index (κ2) is 4.80. The predicted octanol–water partition coefficient (Wildman–Crippen LogP) is 3.48. The predicted molar refractivity (Wildman–Crippen MR) is 59.2 cm³/mol. The van der Waals surface area contributed by atoms with Gasteiger partial charge in [-0.2, -0.15) is 26.3 Å². The Morgan fingerprint density at radius 2 is 1.50 bits per heavy atom. The van der Waals surface area contributed by atoms with Crippen molar-refractivity contribution < 1.29 is 26.3 Å². The fraction of sp³-hybridized carbons (Fsp3) is 0.273. The van der Waals surface area contributed by atoms with E-state index in [1.807, 2.05) is 0 Å². The molecule has 20 heavy (non-hydrogen) atoms. The average molecular weight is 295 g/mol. The number of aliphatic imine (C=N–C) groups is 1. The molecule has 0 amide bonds. The second-order valence-electron chi connectivity index (χ2n) is 3.88. The molecule has 0 N–H and O–H groups in total. The number of rotatable bonds is 1. The van der Waals surface area contributed by atoms with E-state index in [2.05, 4.69) is 9.98 Å². The highest BCUT2D eigenvalue weighted by Gasteiger charge is 2.39. The summed E-state index contributed by atoms with van der Waals surface area (Å²) in [7, 11) is 0. The van der Waals surface area contributed by atoms with Crippen molar-refractivity contribution in [2.75, 3.05) is 11.6 Å². The van der Waals surface area contributed by atoms with Crippen LogP contribution in [0.1, 0.15) is 11.4 Å². The summed E-state index contributed by atoms with van der Waals surface area (Å²) in [6, 6.07) is 1.11. The van der Waals surface area contributed by atoms with Crippen LogP contribution in [0.4, 0.5) is 32.0 Å². The van der Waals surface area contributed by atoms with Crippen molar-refractivity contribution in [2.45, 2.75) is 12.4 Å². The molecule has 1 aliphatic heterocycles. The summed E-state index contributed by atoms with van der Waals surface area (Å²) in [6.45, 7) is -0.0604. The Kier molecular flexibility index (Phi) is 3.45. The maximum atomic E-state index is 12.6. The molecule has 0 saturated heterocycles. The van der Waals surface area contributed by atoms with Gasteiger partial charge in [0.25, 0.3) is 0 Å². The molecule has 0 aromatic carbocycles. The molecule has 0 unspecified atom stereocenters. The molecule has 9 heteroatoms. The molecule has 1 aromatic rings. The lowest BCUT2D eigenvalue weighted by Gasteiger charge is -2.22. The third-order valence-electron chi connectivity index (χ3n) is 2.41. The van der Waals surface area contributed by atoms with Crippen LogP contribution in [-0.4, -0.2) is 17.9 Å². The van der Waals surface area contributed by atoms with Crippen molar-refractivity contribution in [1.82, 2.24) is 4.98 Å². The molecule has 0 aliphatic carbocycles. The van der Waals surface area contributed by atoms with Gasteiger partial charge in [-0.25, -0.2) is 4.98 Å². The summed E-state index contributed by atoms with van der Waals surface area (Å²) in [5, 5.41) is 0. The summed E-state index contributed by atoms with van der Waals surface area (Å²) in [4.78, 5) is 7.54. The number of hydrogen-bond donors (Lipinski definition) is 0. The second-order valence-corrected chi connectivity index (χ2v) is 3.88. The minimum Gasteiger partial charge on any atom is -0.328 e. The normalized spacial score (nSPS) is 15.8. The van der Waals surface area contributed by atoms with Gasteiger partial charge in [0.1, 0.15) is 18.1 Å². The average Bonchev–Trinajstić information content (AvgIpc) is 2.37. The van der Waals surface area contributed by atoms with Gasteiger partial charge in [0.15, 0.2) is 0 Å². The highest BCUT2D eigenvalue weighted by atomic mass is 19.4. The zero-order valence-electron chi connectivity index (χ0n) is 9.70. The van der Waals surface area contributed by atoms with E-state index in [-0.39, 0.29) is 12.4 Å². The third-order valence-corrected chi connectivity index (χ3v) is 2.41. The molecule has 1 aromatic heterocycles. The van der Waals surface area contributed by atoms with Crippen LogP contribution in [0, 0.1) is 0 Å². The zero-order chi connectivity index (χ0) is 15.0. The first-order chi connectivity index (χ1) is 9.18. The first-order valence-electron chi connectivity index (χ1n) is 5.27. The van der Waals surface area contributed by atoms with Crippen LogP contribution in [0.2, 0.25) is 0 Å². The molecule has 0 bridgehead atoms. The smallest absolute Gasteiger partial charge is 0.328 e. The van der Waals surface area contributed by atoms with Crippen LogP contribution in [0.15, 0.2) is 29.4 Å². The molecule has 108 valence electrons. The van der Waals surface area contributed by atoms with E-state index in [4.69, 9.17) is 0 Å². The Balaban J connectivity index is 2.51. The van der Waals surface area contributed by atoms with Crippen molar-refractivity contribution in [3.05, 3.63) is 35.8 Å². The van der Waals surface area contributed by atoms with Crippen molar-refractivity contribution in [3.8, 4) is 0 Å². The number of allylic oxidation sites excluding steroid dienone is 1. The lowest BCUT2D eigenvalue weighted by Crippen LogP contribution is -2.22. The first kappa shape index (κ1) is 14.4. The van der Waals surface area contributed by atoms with Gasteiger partial charge >= 0.3 is 12.4 Å². The third kappa shape index (κ3) is 3.09. The largest absolute Gasteiger partial charge is 0.433 e. The number of pyridine rings is 1. The molecule has 0 atom stereocenters. The quantitative estimate of drug-likeness (QED) is 0.742. The molecule has 0 spiro atoms. The molecule has 0 saturated carbocycles. The van der Waals surface area contributed by atoms with E-state index in [9.17, 15) is 26.3 Å². The molecule has 0 fully saturated rings. The lowest BCUT2D eigenvalue weighted by molar-refractivity contribution is -0.150.